The van der Waals surface area contributed by atoms with Crippen LogP contribution in [0.3, 0.4) is 0 Å². The normalized spacial score (nSPS) is 19.8. The lowest BCUT2D eigenvalue weighted by Crippen LogP contribution is -2.50. The van der Waals surface area contributed by atoms with E-state index in [1.54, 1.807) is 6.92 Å². The Hall–Kier alpha value is -1.01. The third-order valence-electron chi connectivity index (χ3n) is 2.56. The van der Waals surface area contributed by atoms with Crippen LogP contribution < -0.4 is 0 Å². The first kappa shape index (κ1) is 10.1. The number of hydrogen-bond donors (Lipinski definition) is 1. The van der Waals surface area contributed by atoms with Gasteiger partial charge in [-0.15, -0.1) is 5.92 Å². The third-order valence-corrected chi connectivity index (χ3v) is 2.56. The molecule has 1 fully saturated rings. The highest BCUT2D eigenvalue weighted by Crippen LogP contribution is 2.23. The van der Waals surface area contributed by atoms with Gasteiger partial charge in [0.2, 0.25) is 0 Å². The molecule has 3 nitrogen and oxygen atoms in total. The zero-order valence-corrected chi connectivity index (χ0v) is 8.08. The predicted octanol–water partition coefficient (Wildman–Crippen LogP) is 0.662. The SMILES string of the molecule is CC#CCN1CC(C(C)C(=O)O)C1. The van der Waals surface area contributed by atoms with Crippen LogP contribution in [0.2, 0.25) is 0 Å². The lowest BCUT2D eigenvalue weighted by atomic mass is 9.87. The summed E-state index contributed by atoms with van der Waals surface area (Å²) in [6, 6.07) is 0. The van der Waals surface area contributed by atoms with Crippen molar-refractivity contribution in [2.45, 2.75) is 13.8 Å². The van der Waals surface area contributed by atoms with Crippen LogP contribution in [0.25, 0.3) is 0 Å². The lowest BCUT2D eigenvalue weighted by Gasteiger charge is -2.40. The molecule has 1 aliphatic heterocycles. The third kappa shape index (κ3) is 2.46. The number of carboxylic acid groups (broad SMARTS) is 1. The summed E-state index contributed by atoms with van der Waals surface area (Å²) in [5, 5.41) is 8.73. The fourth-order valence-corrected chi connectivity index (χ4v) is 1.45. The van der Waals surface area contributed by atoms with Crippen molar-refractivity contribution < 1.29 is 9.90 Å². The van der Waals surface area contributed by atoms with E-state index in [9.17, 15) is 4.79 Å². The van der Waals surface area contributed by atoms with E-state index in [1.165, 1.54) is 0 Å². The Bertz CT molecular complexity index is 245. The van der Waals surface area contributed by atoms with Crippen molar-refractivity contribution in [3.05, 3.63) is 0 Å². The fraction of sp³-hybridized carbons (Fsp3) is 0.700. The van der Waals surface area contributed by atoms with E-state index < -0.39 is 5.97 Å². The molecule has 0 aromatic heterocycles. The van der Waals surface area contributed by atoms with Crippen molar-refractivity contribution in [3.8, 4) is 11.8 Å². The summed E-state index contributed by atoms with van der Waals surface area (Å²) in [5.74, 6) is 5.20. The van der Waals surface area contributed by atoms with Crippen molar-refractivity contribution in [2.24, 2.45) is 11.8 Å². The molecule has 1 unspecified atom stereocenters. The summed E-state index contributed by atoms with van der Waals surface area (Å²) in [6.45, 7) is 6.12. The van der Waals surface area contributed by atoms with Crippen molar-refractivity contribution in [1.29, 1.82) is 0 Å². The molecule has 0 radical (unpaired) electrons. The molecule has 0 aromatic carbocycles. The van der Waals surface area contributed by atoms with E-state index in [2.05, 4.69) is 16.7 Å². The van der Waals surface area contributed by atoms with Gasteiger partial charge in [-0.25, -0.2) is 0 Å². The van der Waals surface area contributed by atoms with Crippen molar-refractivity contribution in [2.75, 3.05) is 19.6 Å². The minimum Gasteiger partial charge on any atom is -0.481 e. The van der Waals surface area contributed by atoms with Gasteiger partial charge < -0.3 is 5.11 Å². The Morgan fingerprint density at radius 1 is 1.69 bits per heavy atom. The molecule has 0 saturated carbocycles. The van der Waals surface area contributed by atoms with Crippen LogP contribution in [0.5, 0.6) is 0 Å². The van der Waals surface area contributed by atoms with Gasteiger partial charge in [-0.3, -0.25) is 9.69 Å². The van der Waals surface area contributed by atoms with Gasteiger partial charge >= 0.3 is 5.97 Å². The minimum atomic E-state index is -0.689. The lowest BCUT2D eigenvalue weighted by molar-refractivity contribution is -0.145. The van der Waals surface area contributed by atoms with Gasteiger partial charge in [0.1, 0.15) is 0 Å². The van der Waals surface area contributed by atoms with E-state index in [-0.39, 0.29) is 5.92 Å². The highest BCUT2D eigenvalue weighted by atomic mass is 16.4. The molecule has 1 saturated heterocycles. The molecule has 0 spiro atoms. The first-order chi connectivity index (χ1) is 6.15. The number of hydrogen-bond acceptors (Lipinski definition) is 2. The number of nitrogens with zero attached hydrogens (tertiary/aromatic N) is 1. The van der Waals surface area contributed by atoms with Crippen LogP contribution in [0.15, 0.2) is 0 Å². The standard InChI is InChI=1S/C10H15NO2/c1-3-4-5-11-6-9(7-11)8(2)10(12)13/h8-9H,5-7H2,1-2H3,(H,12,13). The molecule has 0 aliphatic carbocycles. The average molecular weight is 181 g/mol. The van der Waals surface area contributed by atoms with Gasteiger partial charge in [-0.05, 0) is 12.8 Å². The number of carbonyl (C=O) groups is 1. The maximum absolute atomic E-state index is 10.6. The zero-order chi connectivity index (χ0) is 9.84. The van der Waals surface area contributed by atoms with E-state index in [0.717, 1.165) is 19.6 Å². The second-order valence-electron chi connectivity index (χ2n) is 3.51. The van der Waals surface area contributed by atoms with Crippen LogP contribution >= 0.6 is 0 Å². The Morgan fingerprint density at radius 3 is 2.77 bits per heavy atom. The molecular weight excluding hydrogens is 166 g/mol. The summed E-state index contributed by atoms with van der Waals surface area (Å²) in [6.07, 6.45) is 0. The molecule has 0 amide bonds. The summed E-state index contributed by atoms with van der Waals surface area (Å²) < 4.78 is 0. The van der Waals surface area contributed by atoms with E-state index in [1.807, 2.05) is 6.92 Å². The molecule has 1 aliphatic rings. The molecule has 1 N–H and O–H groups in total. The van der Waals surface area contributed by atoms with Crippen LogP contribution in [0.1, 0.15) is 13.8 Å². The maximum Gasteiger partial charge on any atom is 0.306 e. The Morgan fingerprint density at radius 2 is 2.31 bits per heavy atom. The first-order valence-corrected chi connectivity index (χ1v) is 4.50. The topological polar surface area (TPSA) is 40.5 Å². The van der Waals surface area contributed by atoms with E-state index in [4.69, 9.17) is 5.11 Å². The highest BCUT2D eigenvalue weighted by Gasteiger charge is 2.33. The second kappa shape index (κ2) is 4.29. The van der Waals surface area contributed by atoms with Crippen LogP contribution in [0, 0.1) is 23.7 Å². The molecule has 1 atom stereocenters. The minimum absolute atomic E-state index is 0.217. The molecule has 1 heterocycles. The van der Waals surface area contributed by atoms with Gasteiger partial charge in [-0.2, -0.15) is 0 Å². The molecule has 0 aromatic rings. The van der Waals surface area contributed by atoms with Crippen molar-refractivity contribution in [1.82, 2.24) is 4.90 Å². The summed E-state index contributed by atoms with van der Waals surface area (Å²) in [5.41, 5.74) is 0. The second-order valence-corrected chi connectivity index (χ2v) is 3.51. The number of carboxylic acids is 1. The number of rotatable bonds is 3. The number of likely N-dealkylation sites (tertiary alicyclic amines) is 1. The fourth-order valence-electron chi connectivity index (χ4n) is 1.45. The maximum atomic E-state index is 10.6. The van der Waals surface area contributed by atoms with Crippen molar-refractivity contribution >= 4 is 5.97 Å². The van der Waals surface area contributed by atoms with E-state index >= 15 is 0 Å². The largest absolute Gasteiger partial charge is 0.481 e. The van der Waals surface area contributed by atoms with Gasteiger partial charge in [-0.1, -0.05) is 12.8 Å². The van der Waals surface area contributed by atoms with Gasteiger partial charge in [0.25, 0.3) is 0 Å². The molecular formula is C10H15NO2. The highest BCUT2D eigenvalue weighted by molar-refractivity contribution is 5.70. The van der Waals surface area contributed by atoms with Gasteiger partial charge in [0.05, 0.1) is 12.5 Å². The monoisotopic (exact) mass is 181 g/mol. The van der Waals surface area contributed by atoms with Crippen LogP contribution in [0.4, 0.5) is 0 Å². The molecule has 72 valence electrons. The Labute approximate surface area is 78.7 Å². The van der Waals surface area contributed by atoms with Crippen LogP contribution in [-0.4, -0.2) is 35.6 Å². The quantitative estimate of drug-likeness (QED) is 0.650. The van der Waals surface area contributed by atoms with Gasteiger partial charge in [0.15, 0.2) is 0 Å². The zero-order valence-electron chi connectivity index (χ0n) is 8.08. The summed E-state index contributed by atoms with van der Waals surface area (Å²) >= 11 is 0. The van der Waals surface area contributed by atoms with Crippen LogP contribution in [-0.2, 0) is 4.79 Å². The Kier molecular flexibility index (Phi) is 3.32. The molecule has 0 bridgehead atoms. The summed E-state index contributed by atoms with van der Waals surface area (Å²) in [7, 11) is 0. The molecule has 13 heavy (non-hydrogen) atoms. The predicted molar refractivity (Wildman–Crippen MR) is 50.2 cm³/mol. The van der Waals surface area contributed by atoms with E-state index in [0.29, 0.717) is 5.92 Å². The average Bonchev–Trinajstić information content (AvgIpc) is 2.01. The smallest absolute Gasteiger partial charge is 0.306 e. The van der Waals surface area contributed by atoms with Crippen molar-refractivity contribution in [3.63, 3.8) is 0 Å². The first-order valence-electron chi connectivity index (χ1n) is 4.50. The summed E-state index contributed by atoms with van der Waals surface area (Å²) in [4.78, 5) is 12.8. The molecule has 3 heteroatoms. The van der Waals surface area contributed by atoms with Gasteiger partial charge in [0, 0.05) is 13.1 Å². The Balaban J connectivity index is 2.24. The molecule has 1 rings (SSSR count). The number of aliphatic carboxylic acids is 1.